The molecule has 0 aliphatic carbocycles. The van der Waals surface area contributed by atoms with Crippen LogP contribution in [0.4, 0.5) is 5.69 Å². The number of amides is 1. The second-order valence-corrected chi connectivity index (χ2v) is 10.6. The second-order valence-electron chi connectivity index (χ2n) is 8.60. The molecule has 1 N–H and O–H groups in total. The maximum Gasteiger partial charge on any atom is 0.227 e. The van der Waals surface area contributed by atoms with E-state index in [4.69, 9.17) is 0 Å². The number of nitrogens with one attached hydrogen (secondary N) is 1. The van der Waals surface area contributed by atoms with Crippen LogP contribution in [0.25, 0.3) is 0 Å². The van der Waals surface area contributed by atoms with Crippen LogP contribution in [-0.2, 0) is 20.6 Å². The van der Waals surface area contributed by atoms with E-state index in [2.05, 4.69) is 19.2 Å². The largest absolute Gasteiger partial charge is 0.325 e. The Bertz CT molecular complexity index is 990. The van der Waals surface area contributed by atoms with Crippen molar-refractivity contribution in [1.29, 1.82) is 0 Å². The van der Waals surface area contributed by atoms with E-state index in [1.807, 2.05) is 56.3 Å². The quantitative estimate of drug-likeness (QED) is 0.731. The van der Waals surface area contributed by atoms with Gasteiger partial charge in [-0.05, 0) is 49.3 Å². The number of rotatable bonds is 6. The van der Waals surface area contributed by atoms with Gasteiger partial charge in [0.15, 0.2) is 0 Å². The first kappa shape index (κ1) is 22.5. The third-order valence-corrected chi connectivity index (χ3v) is 7.71. The summed E-state index contributed by atoms with van der Waals surface area (Å²) < 4.78 is 27.1. The zero-order chi connectivity index (χ0) is 21.9. The molecule has 0 aromatic heterocycles. The standard InChI is InChI=1S/C24H32N2O3S/c1-17(2)22-7-5-6-19(4)23(22)25-24(27)21-12-14-26(15-13-21)30(28,29)16-20-10-8-18(3)9-11-20/h5-11,17,21H,12-16H2,1-4H3,(H,25,27). The lowest BCUT2D eigenvalue weighted by Crippen LogP contribution is -2.42. The summed E-state index contributed by atoms with van der Waals surface area (Å²) in [4.78, 5) is 12.9. The van der Waals surface area contributed by atoms with Gasteiger partial charge in [0.2, 0.25) is 15.9 Å². The van der Waals surface area contributed by atoms with Crippen molar-refractivity contribution in [2.45, 2.75) is 52.2 Å². The number of hydrogen-bond donors (Lipinski definition) is 1. The van der Waals surface area contributed by atoms with E-state index in [9.17, 15) is 13.2 Å². The van der Waals surface area contributed by atoms with E-state index in [-0.39, 0.29) is 17.6 Å². The van der Waals surface area contributed by atoms with Gasteiger partial charge < -0.3 is 5.32 Å². The molecule has 1 aliphatic rings. The summed E-state index contributed by atoms with van der Waals surface area (Å²) >= 11 is 0. The normalized spacial score (nSPS) is 16.0. The highest BCUT2D eigenvalue weighted by Crippen LogP contribution is 2.29. The van der Waals surface area contributed by atoms with Crippen molar-refractivity contribution in [2.75, 3.05) is 18.4 Å². The first-order valence-electron chi connectivity index (χ1n) is 10.6. The minimum Gasteiger partial charge on any atom is -0.325 e. The minimum absolute atomic E-state index is 0.00506. The van der Waals surface area contributed by atoms with Crippen molar-refractivity contribution in [3.63, 3.8) is 0 Å². The van der Waals surface area contributed by atoms with Crippen LogP contribution in [0.5, 0.6) is 0 Å². The molecule has 2 aromatic carbocycles. The molecule has 2 aromatic rings. The van der Waals surface area contributed by atoms with E-state index >= 15 is 0 Å². The van der Waals surface area contributed by atoms with Crippen LogP contribution in [-0.4, -0.2) is 31.7 Å². The molecule has 6 heteroatoms. The summed E-state index contributed by atoms with van der Waals surface area (Å²) in [6.45, 7) is 8.98. The lowest BCUT2D eigenvalue weighted by Gasteiger charge is -2.31. The summed E-state index contributed by atoms with van der Waals surface area (Å²) in [6, 6.07) is 13.6. The molecule has 5 nitrogen and oxygen atoms in total. The average molecular weight is 429 g/mol. The number of para-hydroxylation sites is 1. The molecule has 162 valence electrons. The molecule has 0 spiro atoms. The Labute approximate surface area is 180 Å². The third kappa shape index (κ3) is 5.29. The van der Waals surface area contributed by atoms with Crippen LogP contribution in [0, 0.1) is 19.8 Å². The molecule has 0 unspecified atom stereocenters. The molecule has 3 rings (SSSR count). The van der Waals surface area contributed by atoms with Crippen LogP contribution < -0.4 is 5.32 Å². The molecule has 0 bridgehead atoms. The lowest BCUT2D eigenvalue weighted by molar-refractivity contribution is -0.120. The van der Waals surface area contributed by atoms with Gasteiger partial charge in [-0.3, -0.25) is 4.79 Å². The SMILES string of the molecule is Cc1ccc(CS(=O)(=O)N2CCC(C(=O)Nc3c(C)cccc3C(C)C)CC2)cc1. The van der Waals surface area contributed by atoms with Crippen molar-refractivity contribution in [3.8, 4) is 0 Å². The predicted octanol–water partition coefficient (Wildman–Crippen LogP) is 4.61. The van der Waals surface area contributed by atoms with Crippen LogP contribution in [0.2, 0.25) is 0 Å². The van der Waals surface area contributed by atoms with Crippen molar-refractivity contribution < 1.29 is 13.2 Å². The molecule has 0 atom stereocenters. The van der Waals surface area contributed by atoms with Crippen molar-refractivity contribution >= 4 is 21.6 Å². The number of piperidine rings is 1. The van der Waals surface area contributed by atoms with Gasteiger partial charge >= 0.3 is 0 Å². The lowest BCUT2D eigenvalue weighted by atomic mass is 9.95. The fourth-order valence-corrected chi connectivity index (χ4v) is 5.51. The fraction of sp³-hybridized carbons (Fsp3) is 0.458. The fourth-order valence-electron chi connectivity index (χ4n) is 3.95. The van der Waals surface area contributed by atoms with Crippen LogP contribution in [0.3, 0.4) is 0 Å². The van der Waals surface area contributed by atoms with Gasteiger partial charge in [0, 0.05) is 24.7 Å². The van der Waals surface area contributed by atoms with Gasteiger partial charge in [0.1, 0.15) is 0 Å². The number of carbonyl (C=O) groups is 1. The molecule has 1 aliphatic heterocycles. The molecule has 1 saturated heterocycles. The van der Waals surface area contributed by atoms with Crippen LogP contribution in [0.15, 0.2) is 42.5 Å². The van der Waals surface area contributed by atoms with E-state index < -0.39 is 10.0 Å². The number of nitrogens with zero attached hydrogens (tertiary/aromatic N) is 1. The number of anilines is 1. The molecule has 1 amide bonds. The Morgan fingerprint density at radius 2 is 1.70 bits per heavy atom. The predicted molar refractivity (Wildman–Crippen MR) is 122 cm³/mol. The summed E-state index contributed by atoms with van der Waals surface area (Å²) in [5, 5.41) is 3.12. The number of hydrogen-bond acceptors (Lipinski definition) is 3. The van der Waals surface area contributed by atoms with Gasteiger partial charge in [0.05, 0.1) is 5.75 Å². The van der Waals surface area contributed by atoms with Gasteiger partial charge in [-0.1, -0.05) is 61.9 Å². The van der Waals surface area contributed by atoms with E-state index in [1.165, 1.54) is 4.31 Å². The minimum atomic E-state index is -3.38. The van der Waals surface area contributed by atoms with Gasteiger partial charge in [-0.2, -0.15) is 0 Å². The molecule has 0 radical (unpaired) electrons. The molecule has 1 heterocycles. The maximum absolute atomic E-state index is 12.9. The zero-order valence-electron chi connectivity index (χ0n) is 18.3. The average Bonchev–Trinajstić information content (AvgIpc) is 2.71. The van der Waals surface area contributed by atoms with Gasteiger partial charge in [0.25, 0.3) is 0 Å². The van der Waals surface area contributed by atoms with Crippen molar-refractivity contribution in [2.24, 2.45) is 5.92 Å². The van der Waals surface area contributed by atoms with Crippen LogP contribution >= 0.6 is 0 Å². The van der Waals surface area contributed by atoms with E-state index in [0.717, 1.165) is 27.9 Å². The van der Waals surface area contributed by atoms with Crippen LogP contribution in [0.1, 0.15) is 54.9 Å². The molecular formula is C24H32N2O3S. The summed E-state index contributed by atoms with van der Waals surface area (Å²) in [6.07, 6.45) is 1.09. The van der Waals surface area contributed by atoms with Gasteiger partial charge in [-0.15, -0.1) is 0 Å². The van der Waals surface area contributed by atoms with E-state index in [0.29, 0.717) is 31.8 Å². The van der Waals surface area contributed by atoms with Gasteiger partial charge in [-0.25, -0.2) is 12.7 Å². The highest BCUT2D eigenvalue weighted by molar-refractivity contribution is 7.88. The Morgan fingerprint density at radius 3 is 2.30 bits per heavy atom. The first-order valence-corrected chi connectivity index (χ1v) is 12.2. The Hall–Kier alpha value is -2.18. The number of aryl methyl sites for hydroxylation is 2. The first-order chi connectivity index (χ1) is 14.2. The Morgan fingerprint density at radius 1 is 1.07 bits per heavy atom. The summed E-state index contributed by atoms with van der Waals surface area (Å²) in [5.41, 5.74) is 4.97. The molecule has 30 heavy (non-hydrogen) atoms. The molecule has 0 saturated carbocycles. The molecule has 1 fully saturated rings. The monoisotopic (exact) mass is 428 g/mol. The van der Waals surface area contributed by atoms with Crippen molar-refractivity contribution in [1.82, 2.24) is 4.31 Å². The zero-order valence-corrected chi connectivity index (χ0v) is 19.1. The highest BCUT2D eigenvalue weighted by atomic mass is 32.2. The van der Waals surface area contributed by atoms with Crippen molar-refractivity contribution in [3.05, 3.63) is 64.7 Å². The maximum atomic E-state index is 12.9. The Kier molecular flexibility index (Phi) is 6.98. The number of carbonyl (C=O) groups excluding carboxylic acids is 1. The number of benzene rings is 2. The summed E-state index contributed by atoms with van der Waals surface area (Å²) in [5.74, 6) is 0.136. The second kappa shape index (κ2) is 9.31. The Balaban J connectivity index is 1.61. The third-order valence-electron chi connectivity index (χ3n) is 5.86. The highest BCUT2D eigenvalue weighted by Gasteiger charge is 2.31. The van der Waals surface area contributed by atoms with E-state index in [1.54, 1.807) is 0 Å². The topological polar surface area (TPSA) is 66.5 Å². The number of sulfonamides is 1. The molecular weight excluding hydrogens is 396 g/mol. The summed E-state index contributed by atoms with van der Waals surface area (Å²) in [7, 11) is -3.38. The smallest absolute Gasteiger partial charge is 0.227 e.